The third kappa shape index (κ3) is 5.01. The molecule has 10 nitrogen and oxygen atoms in total. The second-order valence-corrected chi connectivity index (χ2v) is 8.57. The van der Waals surface area contributed by atoms with Crippen LogP contribution in [0.1, 0.15) is 5.56 Å². The van der Waals surface area contributed by atoms with Crippen LogP contribution in [0.25, 0.3) is 0 Å². The highest BCUT2D eigenvalue weighted by atomic mass is 32.2. The number of aromatic nitrogens is 3. The van der Waals surface area contributed by atoms with Crippen LogP contribution in [-0.4, -0.2) is 61.2 Å². The summed E-state index contributed by atoms with van der Waals surface area (Å²) in [7, 11) is 0.603. The van der Waals surface area contributed by atoms with Crippen LogP contribution in [-0.2, 0) is 21.4 Å². The molecule has 2 aromatic heterocycles. The molecule has 1 amide bonds. The third-order valence-electron chi connectivity index (χ3n) is 4.50. The lowest BCUT2D eigenvalue weighted by Gasteiger charge is -2.17. The lowest BCUT2D eigenvalue weighted by atomic mass is 10.2. The predicted octanol–water partition coefficient (Wildman–Crippen LogP) is 1.60. The summed E-state index contributed by atoms with van der Waals surface area (Å²) in [6.45, 7) is -0.0578. The summed E-state index contributed by atoms with van der Waals surface area (Å²) in [4.78, 5) is 16.3. The highest BCUT2D eigenvalue weighted by Crippen LogP contribution is 2.31. The van der Waals surface area contributed by atoms with Gasteiger partial charge in [-0.3, -0.25) is 9.78 Å². The average molecular weight is 446 g/mol. The van der Waals surface area contributed by atoms with E-state index in [1.807, 2.05) is 12.1 Å². The number of hydrogen-bond acceptors (Lipinski definition) is 7. The number of para-hydroxylation sites is 1. The monoisotopic (exact) mass is 445 g/mol. The topological polar surface area (TPSA) is 116 Å². The first-order chi connectivity index (χ1) is 14.9. The molecule has 0 bridgehead atoms. The molecule has 11 heteroatoms. The summed E-state index contributed by atoms with van der Waals surface area (Å²) >= 11 is 0. The lowest BCUT2D eigenvalue weighted by molar-refractivity contribution is -0.116. The first kappa shape index (κ1) is 22.2. The Morgan fingerprint density at radius 2 is 1.94 bits per heavy atom. The van der Waals surface area contributed by atoms with Crippen molar-refractivity contribution in [2.75, 3.05) is 33.1 Å². The number of anilines is 1. The van der Waals surface area contributed by atoms with Gasteiger partial charge >= 0.3 is 0 Å². The standard InChI is InChI=1S/C20H23N5O5S/c1-24(31(27,28)16-7-5-10-21-12-16)14-19(26)23-18-9-11-22-25(18)13-15-6-4-8-17(29-2)20(15)30-3/h4-12H,13-14H2,1-3H3,(H,23,26). The summed E-state index contributed by atoms with van der Waals surface area (Å²) in [6, 6.07) is 10.0. The van der Waals surface area contributed by atoms with Crippen LogP contribution in [0.2, 0.25) is 0 Å². The van der Waals surface area contributed by atoms with Gasteiger partial charge in [0, 0.05) is 31.1 Å². The molecule has 0 unspecified atom stereocenters. The smallest absolute Gasteiger partial charge is 0.244 e. The van der Waals surface area contributed by atoms with Crippen molar-refractivity contribution in [1.82, 2.24) is 19.1 Å². The van der Waals surface area contributed by atoms with E-state index in [-0.39, 0.29) is 11.4 Å². The number of ether oxygens (including phenoxy) is 2. The summed E-state index contributed by atoms with van der Waals surface area (Å²) in [5.41, 5.74) is 0.803. The van der Waals surface area contributed by atoms with Gasteiger partial charge in [-0.05, 0) is 18.2 Å². The maximum absolute atomic E-state index is 12.6. The van der Waals surface area contributed by atoms with Crippen LogP contribution in [0.15, 0.2) is 59.9 Å². The zero-order valence-electron chi connectivity index (χ0n) is 17.3. The number of likely N-dealkylation sites (N-methyl/N-ethyl adjacent to an activating group) is 1. The van der Waals surface area contributed by atoms with Gasteiger partial charge in [-0.2, -0.15) is 9.40 Å². The van der Waals surface area contributed by atoms with Crippen LogP contribution in [0.3, 0.4) is 0 Å². The zero-order valence-corrected chi connectivity index (χ0v) is 18.2. The van der Waals surface area contributed by atoms with Gasteiger partial charge in [0.25, 0.3) is 0 Å². The minimum absolute atomic E-state index is 0.0143. The SMILES string of the molecule is COc1cccc(Cn2nccc2NC(=O)CN(C)S(=O)(=O)c2cccnc2)c1OC. The average Bonchev–Trinajstić information content (AvgIpc) is 3.20. The Bertz CT molecular complexity index is 1150. The van der Waals surface area contributed by atoms with Crippen molar-refractivity contribution in [3.8, 4) is 11.5 Å². The van der Waals surface area contributed by atoms with E-state index in [0.717, 1.165) is 9.87 Å². The Morgan fingerprint density at radius 3 is 2.61 bits per heavy atom. The molecular weight excluding hydrogens is 422 g/mol. The van der Waals surface area contributed by atoms with Gasteiger partial charge in [0.1, 0.15) is 10.7 Å². The lowest BCUT2D eigenvalue weighted by Crippen LogP contribution is -2.35. The van der Waals surface area contributed by atoms with Crippen molar-refractivity contribution in [3.63, 3.8) is 0 Å². The second-order valence-electron chi connectivity index (χ2n) is 6.52. The highest BCUT2D eigenvalue weighted by Gasteiger charge is 2.23. The number of rotatable bonds is 9. The number of sulfonamides is 1. The molecule has 0 saturated heterocycles. The quantitative estimate of drug-likeness (QED) is 0.532. The number of pyridine rings is 1. The van der Waals surface area contributed by atoms with Crippen molar-refractivity contribution < 1.29 is 22.7 Å². The van der Waals surface area contributed by atoms with Crippen molar-refractivity contribution in [1.29, 1.82) is 0 Å². The Morgan fingerprint density at radius 1 is 1.13 bits per heavy atom. The molecule has 2 heterocycles. The number of nitrogens with one attached hydrogen (secondary N) is 1. The molecule has 31 heavy (non-hydrogen) atoms. The van der Waals surface area contributed by atoms with E-state index in [0.29, 0.717) is 23.9 Å². The molecule has 0 atom stereocenters. The minimum atomic E-state index is -3.83. The molecule has 0 aliphatic heterocycles. The molecule has 3 aromatic rings. The number of carbonyl (C=O) groups is 1. The number of carbonyl (C=O) groups excluding carboxylic acids is 1. The van der Waals surface area contributed by atoms with E-state index in [9.17, 15) is 13.2 Å². The number of amides is 1. The highest BCUT2D eigenvalue weighted by molar-refractivity contribution is 7.89. The van der Waals surface area contributed by atoms with Crippen LogP contribution < -0.4 is 14.8 Å². The number of nitrogens with zero attached hydrogens (tertiary/aromatic N) is 4. The van der Waals surface area contributed by atoms with Gasteiger partial charge < -0.3 is 14.8 Å². The molecule has 0 aliphatic rings. The normalized spacial score (nSPS) is 11.4. The van der Waals surface area contributed by atoms with E-state index >= 15 is 0 Å². The zero-order chi connectivity index (χ0) is 22.4. The van der Waals surface area contributed by atoms with Gasteiger partial charge in [0.2, 0.25) is 15.9 Å². The first-order valence-corrected chi connectivity index (χ1v) is 10.7. The fraction of sp³-hybridized carbons (Fsp3) is 0.250. The fourth-order valence-electron chi connectivity index (χ4n) is 2.95. The van der Waals surface area contributed by atoms with Gasteiger partial charge in [-0.1, -0.05) is 12.1 Å². The molecule has 1 N–H and O–H groups in total. The first-order valence-electron chi connectivity index (χ1n) is 9.24. The van der Waals surface area contributed by atoms with Gasteiger partial charge in [0.15, 0.2) is 11.5 Å². The molecule has 0 saturated carbocycles. The number of benzene rings is 1. The summed E-state index contributed by atoms with van der Waals surface area (Å²) in [5, 5.41) is 6.94. The maximum atomic E-state index is 12.6. The number of hydrogen-bond donors (Lipinski definition) is 1. The minimum Gasteiger partial charge on any atom is -0.493 e. The Labute approximate surface area is 180 Å². The van der Waals surface area contributed by atoms with Crippen molar-refractivity contribution in [2.45, 2.75) is 11.4 Å². The molecule has 0 aliphatic carbocycles. The summed E-state index contributed by atoms with van der Waals surface area (Å²) in [6.07, 6.45) is 4.25. The molecule has 164 valence electrons. The Balaban J connectivity index is 1.71. The van der Waals surface area contributed by atoms with Crippen molar-refractivity contribution >= 4 is 21.7 Å². The molecule has 0 radical (unpaired) electrons. The van der Waals surface area contributed by atoms with E-state index in [1.54, 1.807) is 37.2 Å². The van der Waals surface area contributed by atoms with Crippen LogP contribution >= 0.6 is 0 Å². The number of methoxy groups -OCH3 is 2. The van der Waals surface area contributed by atoms with Gasteiger partial charge in [0.05, 0.1) is 33.5 Å². The molecule has 0 spiro atoms. The van der Waals surface area contributed by atoms with E-state index < -0.39 is 15.9 Å². The Hall–Kier alpha value is -3.44. The van der Waals surface area contributed by atoms with Gasteiger partial charge in [-0.25, -0.2) is 13.1 Å². The predicted molar refractivity (Wildman–Crippen MR) is 114 cm³/mol. The largest absolute Gasteiger partial charge is 0.493 e. The fourth-order valence-corrected chi connectivity index (χ4v) is 4.05. The molecular formula is C20H23N5O5S. The molecule has 1 aromatic carbocycles. The molecule has 3 rings (SSSR count). The Kier molecular flexibility index (Phi) is 6.88. The van der Waals surface area contributed by atoms with Gasteiger partial charge in [-0.15, -0.1) is 0 Å². The second kappa shape index (κ2) is 9.58. The van der Waals surface area contributed by atoms with E-state index in [1.165, 1.54) is 31.6 Å². The summed E-state index contributed by atoms with van der Waals surface area (Å²) in [5.74, 6) is 1.07. The summed E-state index contributed by atoms with van der Waals surface area (Å²) < 4.78 is 38.4. The van der Waals surface area contributed by atoms with Crippen LogP contribution in [0.4, 0.5) is 5.82 Å². The van der Waals surface area contributed by atoms with E-state index in [2.05, 4.69) is 15.4 Å². The maximum Gasteiger partial charge on any atom is 0.244 e. The third-order valence-corrected chi connectivity index (χ3v) is 6.28. The van der Waals surface area contributed by atoms with Crippen molar-refractivity contribution in [2.24, 2.45) is 0 Å². The van der Waals surface area contributed by atoms with Crippen LogP contribution in [0, 0.1) is 0 Å². The van der Waals surface area contributed by atoms with Crippen molar-refractivity contribution in [3.05, 3.63) is 60.6 Å². The van der Waals surface area contributed by atoms with E-state index in [4.69, 9.17) is 9.47 Å². The molecule has 0 fully saturated rings. The van der Waals surface area contributed by atoms with Crippen LogP contribution in [0.5, 0.6) is 11.5 Å².